The minimum absolute atomic E-state index is 0.710. The van der Waals surface area contributed by atoms with Gasteiger partial charge in [0, 0.05) is 32.0 Å². The Hall–Kier alpha value is -0.930. The largest absolute Gasteiger partial charge is 0.330 e. The van der Waals surface area contributed by atoms with Crippen molar-refractivity contribution in [2.75, 3.05) is 19.6 Å². The average molecular weight is 289 g/mol. The molecule has 21 heavy (non-hydrogen) atoms. The zero-order chi connectivity index (χ0) is 15.1. The molecule has 0 spiro atoms. The molecule has 3 heteroatoms. The standard InChI is InChI=1S/C18H31N3/c1-15(2)12-21(14-18-4-3-9-20-11-18)13-17-7-5-16(10-19)6-8-17/h3-4,9,11,15-17H,5-8,10,12-14,19H2,1-2H3. The van der Waals surface area contributed by atoms with Crippen molar-refractivity contribution in [1.82, 2.24) is 9.88 Å². The summed E-state index contributed by atoms with van der Waals surface area (Å²) in [5.74, 6) is 2.34. The molecule has 1 aliphatic rings. The lowest BCUT2D eigenvalue weighted by molar-refractivity contribution is 0.162. The highest BCUT2D eigenvalue weighted by atomic mass is 15.1. The zero-order valence-corrected chi connectivity index (χ0v) is 13.7. The van der Waals surface area contributed by atoms with Gasteiger partial charge in [0.25, 0.3) is 0 Å². The Morgan fingerprint density at radius 1 is 1.24 bits per heavy atom. The van der Waals surface area contributed by atoms with Gasteiger partial charge in [-0.2, -0.15) is 0 Å². The van der Waals surface area contributed by atoms with E-state index >= 15 is 0 Å². The van der Waals surface area contributed by atoms with Gasteiger partial charge in [-0.3, -0.25) is 9.88 Å². The monoisotopic (exact) mass is 289 g/mol. The fourth-order valence-electron chi connectivity index (χ4n) is 3.48. The van der Waals surface area contributed by atoms with Gasteiger partial charge in [0.2, 0.25) is 0 Å². The van der Waals surface area contributed by atoms with E-state index in [-0.39, 0.29) is 0 Å². The maximum atomic E-state index is 5.80. The minimum atomic E-state index is 0.710. The van der Waals surface area contributed by atoms with Crippen LogP contribution in [-0.2, 0) is 6.54 Å². The van der Waals surface area contributed by atoms with Gasteiger partial charge >= 0.3 is 0 Å². The Morgan fingerprint density at radius 3 is 2.52 bits per heavy atom. The molecule has 0 unspecified atom stereocenters. The highest BCUT2D eigenvalue weighted by Crippen LogP contribution is 2.29. The van der Waals surface area contributed by atoms with E-state index in [1.54, 1.807) is 0 Å². The van der Waals surface area contributed by atoms with Crippen molar-refractivity contribution in [3.63, 3.8) is 0 Å². The third-order valence-electron chi connectivity index (χ3n) is 4.57. The van der Waals surface area contributed by atoms with Crippen LogP contribution in [0.2, 0.25) is 0 Å². The lowest BCUT2D eigenvalue weighted by atomic mass is 9.82. The third kappa shape index (κ3) is 5.76. The highest BCUT2D eigenvalue weighted by Gasteiger charge is 2.22. The summed E-state index contributed by atoms with van der Waals surface area (Å²) in [7, 11) is 0. The predicted molar refractivity (Wildman–Crippen MR) is 88.9 cm³/mol. The summed E-state index contributed by atoms with van der Waals surface area (Å²) in [6.45, 7) is 8.92. The maximum absolute atomic E-state index is 5.80. The van der Waals surface area contributed by atoms with Crippen molar-refractivity contribution in [2.24, 2.45) is 23.5 Å². The molecule has 3 nitrogen and oxygen atoms in total. The van der Waals surface area contributed by atoms with Crippen molar-refractivity contribution in [1.29, 1.82) is 0 Å². The van der Waals surface area contributed by atoms with Crippen molar-refractivity contribution >= 4 is 0 Å². The van der Waals surface area contributed by atoms with E-state index in [9.17, 15) is 0 Å². The molecule has 1 aliphatic carbocycles. The van der Waals surface area contributed by atoms with E-state index < -0.39 is 0 Å². The van der Waals surface area contributed by atoms with E-state index in [4.69, 9.17) is 5.73 Å². The molecule has 1 fully saturated rings. The minimum Gasteiger partial charge on any atom is -0.330 e. The van der Waals surface area contributed by atoms with Crippen LogP contribution in [0.3, 0.4) is 0 Å². The number of nitrogens with zero attached hydrogens (tertiary/aromatic N) is 2. The molecule has 0 radical (unpaired) electrons. The first-order valence-corrected chi connectivity index (χ1v) is 8.48. The van der Waals surface area contributed by atoms with Gasteiger partial charge < -0.3 is 5.73 Å². The summed E-state index contributed by atoms with van der Waals surface area (Å²) in [5, 5.41) is 0. The van der Waals surface area contributed by atoms with Crippen LogP contribution in [0.25, 0.3) is 0 Å². The number of rotatable bonds is 7. The smallest absolute Gasteiger partial charge is 0.0312 e. The maximum Gasteiger partial charge on any atom is 0.0312 e. The van der Waals surface area contributed by atoms with Gasteiger partial charge in [0.15, 0.2) is 0 Å². The summed E-state index contributed by atoms with van der Waals surface area (Å²) < 4.78 is 0. The molecular weight excluding hydrogens is 258 g/mol. The van der Waals surface area contributed by atoms with E-state index in [0.717, 1.165) is 24.9 Å². The molecule has 0 saturated heterocycles. The Morgan fingerprint density at radius 2 is 1.95 bits per heavy atom. The Bertz CT molecular complexity index is 383. The van der Waals surface area contributed by atoms with Gasteiger partial charge in [-0.25, -0.2) is 0 Å². The van der Waals surface area contributed by atoms with E-state index in [1.807, 2.05) is 18.5 Å². The molecule has 0 bridgehead atoms. The van der Waals surface area contributed by atoms with Crippen LogP contribution >= 0.6 is 0 Å². The molecule has 1 aromatic heterocycles. The Labute approximate surface area is 129 Å². The van der Waals surface area contributed by atoms with Crippen molar-refractivity contribution in [3.8, 4) is 0 Å². The molecule has 2 rings (SSSR count). The van der Waals surface area contributed by atoms with Crippen molar-refractivity contribution in [3.05, 3.63) is 30.1 Å². The van der Waals surface area contributed by atoms with Crippen LogP contribution in [0.5, 0.6) is 0 Å². The summed E-state index contributed by atoms with van der Waals surface area (Å²) in [6, 6.07) is 4.22. The third-order valence-corrected chi connectivity index (χ3v) is 4.57. The van der Waals surface area contributed by atoms with Gasteiger partial charge in [-0.05, 0) is 61.6 Å². The van der Waals surface area contributed by atoms with Crippen molar-refractivity contribution in [2.45, 2.75) is 46.1 Å². The molecule has 2 N–H and O–H groups in total. The van der Waals surface area contributed by atoms with E-state index in [0.29, 0.717) is 5.92 Å². The number of aromatic nitrogens is 1. The fraction of sp³-hybridized carbons (Fsp3) is 0.722. The Kier molecular flexibility index (Phi) is 6.65. The first-order chi connectivity index (χ1) is 10.2. The van der Waals surface area contributed by atoms with Crippen LogP contribution in [0.1, 0.15) is 45.1 Å². The molecule has 1 heterocycles. The number of pyridine rings is 1. The molecular formula is C18H31N3. The molecule has 0 amide bonds. The molecule has 1 saturated carbocycles. The second-order valence-electron chi connectivity index (χ2n) is 7.07. The van der Waals surface area contributed by atoms with Gasteiger partial charge in [0.05, 0.1) is 0 Å². The van der Waals surface area contributed by atoms with E-state index in [1.165, 1.54) is 44.3 Å². The lowest BCUT2D eigenvalue weighted by Crippen LogP contribution is -2.34. The van der Waals surface area contributed by atoms with Gasteiger partial charge in [-0.1, -0.05) is 19.9 Å². The molecule has 118 valence electrons. The Balaban J connectivity index is 1.87. The highest BCUT2D eigenvalue weighted by molar-refractivity contribution is 5.08. The second-order valence-corrected chi connectivity index (χ2v) is 7.07. The van der Waals surface area contributed by atoms with Crippen molar-refractivity contribution < 1.29 is 0 Å². The zero-order valence-electron chi connectivity index (χ0n) is 13.7. The van der Waals surface area contributed by atoms with E-state index in [2.05, 4.69) is 29.8 Å². The quantitative estimate of drug-likeness (QED) is 0.837. The normalized spacial score (nSPS) is 22.9. The topological polar surface area (TPSA) is 42.2 Å². The number of nitrogens with two attached hydrogens (primary N) is 1. The van der Waals surface area contributed by atoms with Crippen LogP contribution < -0.4 is 5.73 Å². The molecule has 1 aromatic rings. The van der Waals surface area contributed by atoms with Crippen LogP contribution in [-0.4, -0.2) is 29.5 Å². The first-order valence-electron chi connectivity index (χ1n) is 8.48. The molecule has 0 aliphatic heterocycles. The fourth-order valence-corrected chi connectivity index (χ4v) is 3.48. The van der Waals surface area contributed by atoms with Gasteiger partial charge in [0.1, 0.15) is 0 Å². The van der Waals surface area contributed by atoms with Crippen LogP contribution in [0.4, 0.5) is 0 Å². The number of hydrogen-bond acceptors (Lipinski definition) is 3. The first kappa shape index (κ1) is 16.4. The predicted octanol–water partition coefficient (Wildman–Crippen LogP) is 3.30. The molecule has 0 atom stereocenters. The van der Waals surface area contributed by atoms with Crippen LogP contribution in [0.15, 0.2) is 24.5 Å². The molecule has 0 aromatic carbocycles. The summed E-state index contributed by atoms with van der Waals surface area (Å²) in [6.07, 6.45) is 9.20. The summed E-state index contributed by atoms with van der Waals surface area (Å²) in [5.41, 5.74) is 7.13. The lowest BCUT2D eigenvalue weighted by Gasteiger charge is -2.33. The summed E-state index contributed by atoms with van der Waals surface area (Å²) >= 11 is 0. The van der Waals surface area contributed by atoms with Crippen LogP contribution in [0, 0.1) is 17.8 Å². The second kappa shape index (κ2) is 8.50. The average Bonchev–Trinajstić information content (AvgIpc) is 2.48. The SMILES string of the molecule is CC(C)CN(Cc1cccnc1)CC1CCC(CN)CC1. The summed E-state index contributed by atoms with van der Waals surface area (Å²) in [4.78, 5) is 6.86. The van der Waals surface area contributed by atoms with Gasteiger partial charge in [-0.15, -0.1) is 0 Å². The number of hydrogen-bond donors (Lipinski definition) is 1.